The summed E-state index contributed by atoms with van der Waals surface area (Å²) in [7, 11) is 0. The summed E-state index contributed by atoms with van der Waals surface area (Å²) in [6, 6.07) is 18.2. The predicted octanol–water partition coefficient (Wildman–Crippen LogP) is 6.22. The zero-order chi connectivity index (χ0) is 23.5. The molecule has 0 unspecified atom stereocenters. The monoisotopic (exact) mass is 506 g/mol. The number of nitrogens with one attached hydrogen (secondary N) is 1. The number of rotatable bonds is 5. The van der Waals surface area contributed by atoms with Crippen LogP contribution in [0.3, 0.4) is 0 Å². The minimum Gasteiger partial charge on any atom is -0.452 e. The number of esters is 1. The maximum atomic E-state index is 13.3. The second kappa shape index (κ2) is 9.50. The predicted molar refractivity (Wildman–Crippen MR) is 130 cm³/mol. The molecule has 0 aliphatic heterocycles. The Bertz CT molecular complexity index is 1370. The summed E-state index contributed by atoms with van der Waals surface area (Å²) in [4.78, 5) is 29.9. The number of anilines is 1. The SMILES string of the molecule is Cc1c(Br)ccc(NC(=O)COC(=O)c2cc(-c3ccc(F)cc3)nc3ccccc23)c1C. The first-order valence-corrected chi connectivity index (χ1v) is 11.0. The molecule has 33 heavy (non-hydrogen) atoms. The normalized spacial score (nSPS) is 10.8. The Morgan fingerprint density at radius 2 is 1.73 bits per heavy atom. The number of halogens is 2. The number of ether oxygens (including phenoxy) is 1. The fourth-order valence-electron chi connectivity index (χ4n) is 3.43. The Morgan fingerprint density at radius 1 is 1.00 bits per heavy atom. The lowest BCUT2D eigenvalue weighted by molar-refractivity contribution is -0.119. The van der Waals surface area contributed by atoms with Gasteiger partial charge in [0, 0.05) is 21.1 Å². The van der Waals surface area contributed by atoms with Crippen molar-refractivity contribution in [3.63, 3.8) is 0 Å². The molecule has 3 aromatic carbocycles. The molecule has 0 fully saturated rings. The average molecular weight is 507 g/mol. The third kappa shape index (κ3) is 4.93. The number of carbonyl (C=O) groups excluding carboxylic acids is 2. The van der Waals surface area contributed by atoms with Crippen molar-refractivity contribution < 1.29 is 18.7 Å². The first-order valence-electron chi connectivity index (χ1n) is 10.2. The summed E-state index contributed by atoms with van der Waals surface area (Å²) in [5, 5.41) is 3.38. The molecule has 1 aromatic heterocycles. The van der Waals surface area contributed by atoms with Crippen LogP contribution in [0.25, 0.3) is 22.2 Å². The van der Waals surface area contributed by atoms with Crippen molar-refractivity contribution in [1.29, 1.82) is 0 Å². The molecule has 5 nitrogen and oxygen atoms in total. The number of fused-ring (bicyclic) bond motifs is 1. The van der Waals surface area contributed by atoms with E-state index in [4.69, 9.17) is 4.74 Å². The molecule has 0 spiro atoms. The van der Waals surface area contributed by atoms with Crippen LogP contribution in [0, 0.1) is 19.7 Å². The zero-order valence-corrected chi connectivity index (χ0v) is 19.6. The van der Waals surface area contributed by atoms with Crippen molar-refractivity contribution in [2.45, 2.75) is 13.8 Å². The molecule has 0 radical (unpaired) electrons. The van der Waals surface area contributed by atoms with E-state index in [0.717, 1.165) is 15.6 Å². The van der Waals surface area contributed by atoms with Gasteiger partial charge in [-0.25, -0.2) is 14.2 Å². The molecule has 0 bridgehead atoms. The van der Waals surface area contributed by atoms with Crippen molar-refractivity contribution >= 4 is 44.4 Å². The Kier molecular flexibility index (Phi) is 6.51. The van der Waals surface area contributed by atoms with E-state index in [1.807, 2.05) is 26.0 Å². The van der Waals surface area contributed by atoms with Gasteiger partial charge in [-0.1, -0.05) is 34.1 Å². The largest absolute Gasteiger partial charge is 0.452 e. The number of para-hydroxylation sites is 1. The van der Waals surface area contributed by atoms with E-state index in [9.17, 15) is 14.0 Å². The minimum atomic E-state index is -0.643. The van der Waals surface area contributed by atoms with E-state index in [2.05, 4.69) is 26.2 Å². The molecule has 1 N–H and O–H groups in total. The average Bonchev–Trinajstić information content (AvgIpc) is 2.82. The third-order valence-electron chi connectivity index (χ3n) is 5.41. The second-order valence-electron chi connectivity index (χ2n) is 7.55. The molecule has 4 aromatic rings. The van der Waals surface area contributed by atoms with E-state index >= 15 is 0 Å². The van der Waals surface area contributed by atoms with Gasteiger partial charge in [-0.05, 0) is 73.5 Å². The van der Waals surface area contributed by atoms with Crippen LogP contribution in [0.2, 0.25) is 0 Å². The Morgan fingerprint density at radius 3 is 2.48 bits per heavy atom. The van der Waals surface area contributed by atoms with Gasteiger partial charge in [0.15, 0.2) is 6.61 Å². The number of aromatic nitrogens is 1. The van der Waals surface area contributed by atoms with Gasteiger partial charge < -0.3 is 10.1 Å². The molecule has 0 atom stereocenters. The highest BCUT2D eigenvalue weighted by Gasteiger charge is 2.17. The van der Waals surface area contributed by atoms with Gasteiger partial charge in [-0.15, -0.1) is 0 Å². The molecule has 1 amide bonds. The van der Waals surface area contributed by atoms with E-state index in [-0.39, 0.29) is 11.4 Å². The van der Waals surface area contributed by atoms with Crippen LogP contribution in [0.4, 0.5) is 10.1 Å². The number of pyridine rings is 1. The highest BCUT2D eigenvalue weighted by molar-refractivity contribution is 9.10. The third-order valence-corrected chi connectivity index (χ3v) is 6.26. The molecule has 0 saturated carbocycles. The Labute approximate surface area is 198 Å². The highest BCUT2D eigenvalue weighted by atomic mass is 79.9. The minimum absolute atomic E-state index is 0.281. The van der Waals surface area contributed by atoms with Crippen molar-refractivity contribution in [1.82, 2.24) is 4.98 Å². The number of amides is 1. The summed E-state index contributed by atoms with van der Waals surface area (Å²) in [5.74, 6) is -1.44. The van der Waals surface area contributed by atoms with Gasteiger partial charge in [-0.3, -0.25) is 4.79 Å². The Balaban J connectivity index is 1.56. The van der Waals surface area contributed by atoms with Gasteiger partial charge >= 0.3 is 5.97 Å². The van der Waals surface area contributed by atoms with Gasteiger partial charge in [0.25, 0.3) is 5.91 Å². The molecule has 0 aliphatic carbocycles. The number of nitrogens with zero attached hydrogens (tertiary/aromatic N) is 1. The number of benzene rings is 3. The van der Waals surface area contributed by atoms with Crippen LogP contribution in [0.1, 0.15) is 21.5 Å². The molecule has 0 saturated heterocycles. The standard InChI is InChI=1S/C26H20BrFN2O3/c1-15-16(2)22(12-11-21(15)27)30-25(31)14-33-26(32)20-13-24(17-7-9-18(28)10-8-17)29-23-6-4-3-5-19(20)23/h3-13H,14H2,1-2H3,(H,30,31). The molecular formula is C26H20BrFN2O3. The van der Waals surface area contributed by atoms with E-state index in [1.54, 1.807) is 42.5 Å². The summed E-state index contributed by atoms with van der Waals surface area (Å²) in [6.45, 7) is 3.42. The Hall–Kier alpha value is -3.58. The van der Waals surface area contributed by atoms with Gasteiger partial charge in [0.1, 0.15) is 5.82 Å². The topological polar surface area (TPSA) is 68.3 Å². The van der Waals surface area contributed by atoms with Crippen LogP contribution in [0.15, 0.2) is 71.2 Å². The number of hydrogen-bond donors (Lipinski definition) is 1. The summed E-state index contributed by atoms with van der Waals surface area (Å²) in [6.07, 6.45) is 0. The summed E-state index contributed by atoms with van der Waals surface area (Å²) < 4.78 is 19.6. The molecule has 1 heterocycles. The van der Waals surface area contributed by atoms with Crippen LogP contribution >= 0.6 is 15.9 Å². The van der Waals surface area contributed by atoms with Crippen molar-refractivity contribution in [3.05, 3.63) is 93.7 Å². The van der Waals surface area contributed by atoms with Gasteiger partial charge in [-0.2, -0.15) is 0 Å². The molecule has 166 valence electrons. The van der Waals surface area contributed by atoms with Crippen LogP contribution in [-0.2, 0) is 9.53 Å². The number of carbonyl (C=O) groups is 2. The summed E-state index contributed by atoms with van der Waals surface area (Å²) >= 11 is 3.46. The van der Waals surface area contributed by atoms with Crippen molar-refractivity contribution in [2.75, 3.05) is 11.9 Å². The quantitative estimate of drug-likeness (QED) is 0.326. The van der Waals surface area contributed by atoms with Crippen LogP contribution in [-0.4, -0.2) is 23.5 Å². The van der Waals surface area contributed by atoms with Crippen molar-refractivity contribution in [3.8, 4) is 11.3 Å². The molecular weight excluding hydrogens is 487 g/mol. The van der Waals surface area contributed by atoms with Crippen LogP contribution in [0.5, 0.6) is 0 Å². The first-order chi connectivity index (χ1) is 15.8. The van der Waals surface area contributed by atoms with E-state index in [0.29, 0.717) is 27.8 Å². The second-order valence-corrected chi connectivity index (χ2v) is 8.40. The van der Waals surface area contributed by atoms with E-state index < -0.39 is 18.5 Å². The maximum Gasteiger partial charge on any atom is 0.339 e. The van der Waals surface area contributed by atoms with E-state index in [1.165, 1.54) is 12.1 Å². The lowest BCUT2D eigenvalue weighted by atomic mass is 10.0. The lowest BCUT2D eigenvalue weighted by Crippen LogP contribution is -2.21. The fourth-order valence-corrected chi connectivity index (χ4v) is 3.86. The fraction of sp³-hybridized carbons (Fsp3) is 0.115. The van der Waals surface area contributed by atoms with Gasteiger partial charge in [0.2, 0.25) is 0 Å². The lowest BCUT2D eigenvalue weighted by Gasteiger charge is -2.13. The molecule has 4 rings (SSSR count). The van der Waals surface area contributed by atoms with Gasteiger partial charge in [0.05, 0.1) is 16.8 Å². The summed E-state index contributed by atoms with van der Waals surface area (Å²) in [5.41, 5.74) is 4.64. The van der Waals surface area contributed by atoms with Crippen molar-refractivity contribution in [2.24, 2.45) is 0 Å². The smallest absolute Gasteiger partial charge is 0.339 e. The molecule has 7 heteroatoms. The number of hydrogen-bond acceptors (Lipinski definition) is 4. The van der Waals surface area contributed by atoms with Crippen LogP contribution < -0.4 is 5.32 Å². The highest BCUT2D eigenvalue weighted by Crippen LogP contribution is 2.27. The molecule has 0 aliphatic rings. The zero-order valence-electron chi connectivity index (χ0n) is 18.0. The maximum absolute atomic E-state index is 13.3. The first kappa shape index (κ1) is 22.6.